The number of aromatic carboxylic acids is 1. The van der Waals surface area contributed by atoms with Gasteiger partial charge in [-0.25, -0.2) is 9.78 Å². The Balaban J connectivity index is 1.52. The molecular weight excluding hydrogens is 404 g/mol. The number of carbonyl (C=O) groups is 1. The Labute approximate surface area is 179 Å². The molecule has 0 saturated carbocycles. The van der Waals surface area contributed by atoms with E-state index in [-0.39, 0.29) is 11.5 Å². The second kappa shape index (κ2) is 8.59. The van der Waals surface area contributed by atoms with Crippen molar-refractivity contribution in [3.8, 4) is 5.75 Å². The molecule has 7 nitrogen and oxygen atoms in total. The Morgan fingerprint density at radius 2 is 2.17 bits per heavy atom. The molecule has 30 heavy (non-hydrogen) atoms. The molecule has 0 spiro atoms. The van der Waals surface area contributed by atoms with Crippen LogP contribution in [-0.2, 0) is 0 Å². The molecule has 0 amide bonds. The third kappa shape index (κ3) is 4.16. The van der Waals surface area contributed by atoms with Crippen LogP contribution in [0.1, 0.15) is 28.3 Å². The first-order valence-corrected chi connectivity index (χ1v) is 9.94. The van der Waals surface area contributed by atoms with E-state index >= 15 is 0 Å². The molecule has 154 valence electrons. The fraction of sp³-hybridized carbons (Fsp3) is 0.227. The number of hydrogen-bond acceptors (Lipinski definition) is 6. The van der Waals surface area contributed by atoms with Crippen molar-refractivity contribution in [3.05, 3.63) is 71.1 Å². The molecule has 2 N–H and O–H groups in total. The maximum atomic E-state index is 11.4. The molecule has 1 aromatic carbocycles. The van der Waals surface area contributed by atoms with Crippen molar-refractivity contribution in [2.75, 3.05) is 30.4 Å². The van der Waals surface area contributed by atoms with Crippen molar-refractivity contribution in [2.45, 2.75) is 12.3 Å². The van der Waals surface area contributed by atoms with Gasteiger partial charge in [-0.2, -0.15) is 0 Å². The zero-order valence-corrected chi connectivity index (χ0v) is 17.1. The highest BCUT2D eigenvalue weighted by Gasteiger charge is 2.23. The number of halogens is 1. The predicted octanol–water partition coefficient (Wildman–Crippen LogP) is 4.57. The number of rotatable bonds is 6. The van der Waals surface area contributed by atoms with E-state index < -0.39 is 5.97 Å². The van der Waals surface area contributed by atoms with Crippen LogP contribution in [0, 0.1) is 0 Å². The number of carboxylic acids is 1. The number of nitrogens with one attached hydrogen (secondary N) is 1. The molecule has 0 radical (unpaired) electrons. The Kier molecular flexibility index (Phi) is 5.72. The van der Waals surface area contributed by atoms with Crippen LogP contribution in [0.15, 0.2) is 55.0 Å². The highest BCUT2D eigenvalue weighted by Crippen LogP contribution is 2.37. The average molecular weight is 425 g/mol. The number of aromatic nitrogens is 2. The van der Waals surface area contributed by atoms with Crippen molar-refractivity contribution < 1.29 is 14.6 Å². The van der Waals surface area contributed by atoms with Gasteiger partial charge in [-0.05, 0) is 36.2 Å². The van der Waals surface area contributed by atoms with E-state index in [1.165, 1.54) is 12.3 Å². The van der Waals surface area contributed by atoms with Crippen LogP contribution in [0.4, 0.5) is 17.2 Å². The molecule has 0 fully saturated rings. The summed E-state index contributed by atoms with van der Waals surface area (Å²) in [7, 11) is 1.94. The van der Waals surface area contributed by atoms with Gasteiger partial charge in [0.05, 0.1) is 29.1 Å². The van der Waals surface area contributed by atoms with Gasteiger partial charge in [-0.1, -0.05) is 17.7 Å². The molecule has 0 aliphatic carbocycles. The Morgan fingerprint density at radius 1 is 1.30 bits per heavy atom. The van der Waals surface area contributed by atoms with Crippen molar-refractivity contribution in [2.24, 2.45) is 0 Å². The molecule has 1 atom stereocenters. The molecule has 8 heteroatoms. The van der Waals surface area contributed by atoms with Crippen molar-refractivity contribution in [1.29, 1.82) is 0 Å². The lowest BCUT2D eigenvalue weighted by Gasteiger charge is -2.28. The minimum Gasteiger partial charge on any atom is -0.493 e. The van der Waals surface area contributed by atoms with E-state index in [0.29, 0.717) is 23.9 Å². The summed E-state index contributed by atoms with van der Waals surface area (Å²) in [5.41, 5.74) is 2.78. The highest BCUT2D eigenvalue weighted by atomic mass is 35.5. The first-order chi connectivity index (χ1) is 14.5. The van der Waals surface area contributed by atoms with Gasteiger partial charge in [-0.15, -0.1) is 0 Å². The summed E-state index contributed by atoms with van der Waals surface area (Å²) in [5.74, 6) is 0.835. The lowest BCUT2D eigenvalue weighted by molar-refractivity contribution is 0.0697. The van der Waals surface area contributed by atoms with Crippen LogP contribution in [0.2, 0.25) is 5.02 Å². The Hall–Kier alpha value is -3.32. The van der Waals surface area contributed by atoms with Gasteiger partial charge in [0.1, 0.15) is 11.6 Å². The maximum Gasteiger partial charge on any atom is 0.337 e. The third-order valence-electron chi connectivity index (χ3n) is 5.19. The van der Waals surface area contributed by atoms with Gasteiger partial charge >= 0.3 is 5.97 Å². The largest absolute Gasteiger partial charge is 0.493 e. The first kappa shape index (κ1) is 20.0. The molecule has 1 aliphatic rings. The second-order valence-electron chi connectivity index (χ2n) is 7.06. The second-order valence-corrected chi connectivity index (χ2v) is 7.49. The van der Waals surface area contributed by atoms with Crippen LogP contribution in [-0.4, -0.2) is 41.2 Å². The van der Waals surface area contributed by atoms with Gasteiger partial charge in [0, 0.05) is 43.7 Å². The van der Waals surface area contributed by atoms with E-state index in [4.69, 9.17) is 16.3 Å². The summed E-state index contributed by atoms with van der Waals surface area (Å²) in [5, 5.41) is 13.2. The van der Waals surface area contributed by atoms with Crippen LogP contribution in [0.25, 0.3) is 0 Å². The number of ether oxygens (including phenoxy) is 1. The average Bonchev–Trinajstić information content (AvgIpc) is 2.77. The summed E-state index contributed by atoms with van der Waals surface area (Å²) in [6, 6.07) is 11.3. The van der Waals surface area contributed by atoms with Gasteiger partial charge in [0.15, 0.2) is 0 Å². The number of hydrogen-bond donors (Lipinski definition) is 2. The van der Waals surface area contributed by atoms with Crippen LogP contribution < -0.4 is 15.0 Å². The van der Waals surface area contributed by atoms with Crippen molar-refractivity contribution in [1.82, 2.24) is 9.97 Å². The molecule has 4 rings (SSSR count). The van der Waals surface area contributed by atoms with Crippen molar-refractivity contribution in [3.63, 3.8) is 0 Å². The predicted molar refractivity (Wildman–Crippen MR) is 116 cm³/mol. The summed E-state index contributed by atoms with van der Waals surface area (Å²) in [4.78, 5) is 21.8. The smallest absolute Gasteiger partial charge is 0.337 e. The standard InChI is InChI=1S/C22H21ClN4O3/c1-27(21-5-2-15(23)12-26-21)16-3-4-17-14(7-9-30-20(17)10-16)11-25-19-13-24-8-6-18(19)22(28)29/h2-6,8,10,12-14,25H,7,9,11H2,1H3,(H,28,29)/t14-/m0/s1. The number of carboxylic acid groups (broad SMARTS) is 1. The van der Waals surface area contributed by atoms with E-state index in [9.17, 15) is 9.90 Å². The number of benzene rings is 1. The normalized spacial score (nSPS) is 15.1. The fourth-order valence-electron chi connectivity index (χ4n) is 3.53. The molecule has 0 bridgehead atoms. The van der Waals surface area contributed by atoms with Gasteiger partial charge < -0.3 is 20.1 Å². The minimum absolute atomic E-state index is 0.198. The maximum absolute atomic E-state index is 11.4. The number of pyridine rings is 2. The highest BCUT2D eigenvalue weighted by molar-refractivity contribution is 6.30. The SMILES string of the molecule is CN(c1ccc2c(c1)OCC[C@H]2CNc1cnccc1C(=O)O)c1ccc(Cl)cn1. The molecule has 2 aromatic heterocycles. The lowest BCUT2D eigenvalue weighted by Crippen LogP contribution is -2.22. The summed E-state index contributed by atoms with van der Waals surface area (Å²) >= 11 is 5.93. The minimum atomic E-state index is -0.976. The quantitative estimate of drug-likeness (QED) is 0.599. The lowest BCUT2D eigenvalue weighted by atomic mass is 9.92. The number of fused-ring (bicyclic) bond motifs is 1. The molecule has 0 unspecified atom stereocenters. The van der Waals surface area contributed by atoms with Gasteiger partial charge in [-0.3, -0.25) is 4.98 Å². The third-order valence-corrected chi connectivity index (χ3v) is 5.42. The Bertz CT molecular complexity index is 1060. The van der Waals surface area contributed by atoms with E-state index in [1.807, 2.05) is 30.1 Å². The van der Waals surface area contributed by atoms with Gasteiger partial charge in [0.25, 0.3) is 0 Å². The number of nitrogens with zero attached hydrogens (tertiary/aromatic N) is 3. The van der Waals surface area contributed by atoms with Crippen LogP contribution in [0.5, 0.6) is 5.75 Å². The fourth-order valence-corrected chi connectivity index (χ4v) is 3.64. The van der Waals surface area contributed by atoms with Gasteiger partial charge in [0.2, 0.25) is 0 Å². The summed E-state index contributed by atoms with van der Waals surface area (Å²) in [6.45, 7) is 1.20. The Morgan fingerprint density at radius 3 is 2.93 bits per heavy atom. The summed E-state index contributed by atoms with van der Waals surface area (Å²) in [6.07, 6.45) is 5.48. The number of anilines is 3. The topological polar surface area (TPSA) is 87.6 Å². The molecular formula is C22H21ClN4O3. The molecule has 3 aromatic rings. The van der Waals surface area contributed by atoms with Crippen molar-refractivity contribution >= 4 is 34.8 Å². The molecule has 1 aliphatic heterocycles. The first-order valence-electron chi connectivity index (χ1n) is 9.56. The van der Waals surface area contributed by atoms with Crippen LogP contribution >= 0.6 is 11.6 Å². The monoisotopic (exact) mass is 424 g/mol. The van der Waals surface area contributed by atoms with E-state index in [2.05, 4.69) is 21.4 Å². The van der Waals surface area contributed by atoms with Crippen LogP contribution in [0.3, 0.4) is 0 Å². The zero-order chi connectivity index (χ0) is 21.1. The van der Waals surface area contributed by atoms with E-state index in [1.54, 1.807) is 18.5 Å². The molecule has 3 heterocycles. The molecule has 0 saturated heterocycles. The summed E-state index contributed by atoms with van der Waals surface area (Å²) < 4.78 is 5.91. The zero-order valence-electron chi connectivity index (χ0n) is 16.4. The van der Waals surface area contributed by atoms with E-state index in [0.717, 1.165) is 29.2 Å².